The van der Waals surface area contributed by atoms with Gasteiger partial charge in [0.25, 0.3) is 0 Å². The van der Waals surface area contributed by atoms with Gasteiger partial charge in [0.05, 0.1) is 24.4 Å². The van der Waals surface area contributed by atoms with E-state index in [2.05, 4.69) is 10.3 Å². The van der Waals surface area contributed by atoms with Gasteiger partial charge in [-0.25, -0.2) is 0 Å². The summed E-state index contributed by atoms with van der Waals surface area (Å²) in [4.78, 5) is 4.30. The smallest absolute Gasteiger partial charge is 0.179 e. The van der Waals surface area contributed by atoms with Gasteiger partial charge in [-0.1, -0.05) is 17.7 Å². The van der Waals surface area contributed by atoms with E-state index in [1.54, 1.807) is 13.3 Å². The van der Waals surface area contributed by atoms with Gasteiger partial charge in [-0.3, -0.25) is 4.98 Å². The molecule has 112 valence electrons. The van der Waals surface area contributed by atoms with Crippen LogP contribution < -0.4 is 14.8 Å². The van der Waals surface area contributed by atoms with Crippen molar-refractivity contribution in [2.24, 2.45) is 0 Å². The Bertz CT molecular complexity index is 576. The van der Waals surface area contributed by atoms with Crippen LogP contribution in [0.1, 0.15) is 18.2 Å². The molecule has 0 bridgehead atoms. The van der Waals surface area contributed by atoms with Crippen molar-refractivity contribution in [3.05, 3.63) is 52.8 Å². The van der Waals surface area contributed by atoms with Gasteiger partial charge < -0.3 is 14.8 Å². The molecule has 0 aliphatic heterocycles. The van der Waals surface area contributed by atoms with E-state index in [0.717, 1.165) is 24.3 Å². The molecule has 4 nitrogen and oxygen atoms in total. The molecule has 0 amide bonds. The number of methoxy groups -OCH3 is 1. The van der Waals surface area contributed by atoms with Gasteiger partial charge in [-0.05, 0) is 31.2 Å². The molecule has 0 spiro atoms. The standard InChI is InChI=1S/C16H19ClN2O2/c1-3-21-15-9-12(8-14(17)16(15)20-2)10-18-11-13-6-4-5-7-19-13/h4-9,18H,3,10-11H2,1-2H3/p+1. The van der Waals surface area contributed by atoms with E-state index in [4.69, 9.17) is 21.1 Å². The summed E-state index contributed by atoms with van der Waals surface area (Å²) in [6, 6.07) is 9.82. The zero-order valence-corrected chi connectivity index (χ0v) is 13.1. The van der Waals surface area contributed by atoms with Gasteiger partial charge in [0.15, 0.2) is 11.5 Å². The van der Waals surface area contributed by atoms with E-state index in [0.29, 0.717) is 23.1 Å². The first-order chi connectivity index (χ1) is 10.2. The predicted octanol–water partition coefficient (Wildman–Crippen LogP) is 2.41. The van der Waals surface area contributed by atoms with Crippen LogP contribution >= 0.6 is 11.6 Å². The second-order valence-electron chi connectivity index (χ2n) is 4.56. The third kappa shape index (κ3) is 4.34. The monoisotopic (exact) mass is 307 g/mol. The first-order valence-corrected chi connectivity index (χ1v) is 7.33. The second-order valence-corrected chi connectivity index (χ2v) is 4.97. The molecule has 0 atom stereocenters. The van der Waals surface area contributed by atoms with Crippen LogP contribution in [0.2, 0.25) is 5.02 Å². The Morgan fingerprint density at radius 1 is 1.24 bits per heavy atom. The van der Waals surface area contributed by atoms with E-state index in [9.17, 15) is 0 Å². The van der Waals surface area contributed by atoms with Gasteiger partial charge in [0.1, 0.15) is 13.1 Å². The number of quaternary nitrogens is 1. The number of hydrogen-bond donors (Lipinski definition) is 1. The van der Waals surface area contributed by atoms with Crippen molar-refractivity contribution in [3.8, 4) is 11.5 Å². The molecule has 2 aromatic rings. The van der Waals surface area contributed by atoms with Crippen molar-refractivity contribution in [1.29, 1.82) is 0 Å². The summed E-state index contributed by atoms with van der Waals surface area (Å²) in [5, 5.41) is 2.75. The average Bonchev–Trinajstić information content (AvgIpc) is 2.48. The molecule has 0 fully saturated rings. The molecule has 0 aliphatic rings. The number of pyridine rings is 1. The highest BCUT2D eigenvalue weighted by atomic mass is 35.5. The maximum atomic E-state index is 6.24. The van der Waals surface area contributed by atoms with Crippen LogP contribution in [0, 0.1) is 0 Å². The van der Waals surface area contributed by atoms with E-state index < -0.39 is 0 Å². The van der Waals surface area contributed by atoms with Crippen molar-refractivity contribution in [1.82, 2.24) is 4.98 Å². The van der Waals surface area contributed by atoms with Crippen molar-refractivity contribution in [2.45, 2.75) is 20.0 Å². The number of ether oxygens (including phenoxy) is 2. The zero-order valence-electron chi connectivity index (χ0n) is 12.3. The van der Waals surface area contributed by atoms with Crippen molar-refractivity contribution in [3.63, 3.8) is 0 Å². The Morgan fingerprint density at radius 3 is 2.76 bits per heavy atom. The molecule has 0 unspecified atom stereocenters. The van der Waals surface area contributed by atoms with Gasteiger partial charge in [0.2, 0.25) is 0 Å². The fourth-order valence-corrected chi connectivity index (χ4v) is 2.42. The van der Waals surface area contributed by atoms with Gasteiger partial charge in [-0.15, -0.1) is 0 Å². The zero-order chi connectivity index (χ0) is 15.1. The first-order valence-electron chi connectivity index (χ1n) is 6.95. The summed E-state index contributed by atoms with van der Waals surface area (Å²) < 4.78 is 10.9. The molecular weight excluding hydrogens is 288 g/mol. The van der Waals surface area contributed by atoms with Crippen LogP contribution in [-0.4, -0.2) is 18.7 Å². The highest BCUT2D eigenvalue weighted by molar-refractivity contribution is 6.32. The van der Waals surface area contributed by atoms with Crippen molar-refractivity contribution in [2.75, 3.05) is 13.7 Å². The minimum absolute atomic E-state index is 0.574. The van der Waals surface area contributed by atoms with Gasteiger partial charge in [0, 0.05) is 11.8 Å². The van der Waals surface area contributed by atoms with Crippen LogP contribution in [0.25, 0.3) is 0 Å². The maximum absolute atomic E-state index is 6.24. The predicted molar refractivity (Wildman–Crippen MR) is 82.7 cm³/mol. The number of nitrogens with two attached hydrogens (primary N) is 1. The lowest BCUT2D eigenvalue weighted by atomic mass is 10.2. The summed E-state index contributed by atoms with van der Waals surface area (Å²) >= 11 is 6.24. The van der Waals surface area contributed by atoms with Gasteiger partial charge >= 0.3 is 0 Å². The SMILES string of the molecule is CCOc1cc(C[NH2+]Cc2ccccn2)cc(Cl)c1OC. The summed E-state index contributed by atoms with van der Waals surface area (Å²) in [5.74, 6) is 1.28. The summed E-state index contributed by atoms with van der Waals surface area (Å²) in [5.41, 5.74) is 2.15. The van der Waals surface area contributed by atoms with E-state index in [1.807, 2.05) is 37.3 Å². The number of rotatable bonds is 7. The Labute approximate surface area is 130 Å². The van der Waals surface area contributed by atoms with Crippen LogP contribution in [-0.2, 0) is 13.1 Å². The molecule has 1 heterocycles. The molecular formula is C16H20ClN2O2+. The van der Waals surface area contributed by atoms with E-state index >= 15 is 0 Å². The molecule has 0 saturated carbocycles. The molecule has 21 heavy (non-hydrogen) atoms. The minimum atomic E-state index is 0.574. The Balaban J connectivity index is 2.03. The highest BCUT2D eigenvalue weighted by Gasteiger charge is 2.12. The number of aromatic nitrogens is 1. The lowest BCUT2D eigenvalue weighted by molar-refractivity contribution is -0.686. The van der Waals surface area contributed by atoms with Crippen LogP contribution in [0.3, 0.4) is 0 Å². The van der Waals surface area contributed by atoms with Crippen LogP contribution in [0.4, 0.5) is 0 Å². The highest BCUT2D eigenvalue weighted by Crippen LogP contribution is 2.36. The quantitative estimate of drug-likeness (QED) is 0.854. The minimum Gasteiger partial charge on any atom is -0.491 e. The second kappa shape index (κ2) is 7.86. The third-order valence-electron chi connectivity index (χ3n) is 3.03. The molecule has 5 heteroatoms. The molecule has 2 rings (SSSR count). The normalized spacial score (nSPS) is 10.4. The van der Waals surface area contributed by atoms with E-state index in [-0.39, 0.29) is 0 Å². The van der Waals surface area contributed by atoms with Crippen LogP contribution in [0.15, 0.2) is 36.5 Å². The van der Waals surface area contributed by atoms with Gasteiger partial charge in [-0.2, -0.15) is 0 Å². The van der Waals surface area contributed by atoms with Crippen LogP contribution in [0.5, 0.6) is 11.5 Å². The largest absolute Gasteiger partial charge is 0.491 e. The molecule has 1 aromatic carbocycles. The molecule has 1 aromatic heterocycles. The van der Waals surface area contributed by atoms with Crippen molar-refractivity contribution >= 4 is 11.6 Å². The third-order valence-corrected chi connectivity index (χ3v) is 3.31. The molecule has 0 radical (unpaired) electrons. The summed E-state index contributed by atoms with van der Waals surface area (Å²) in [7, 11) is 1.59. The number of nitrogens with zero attached hydrogens (tertiary/aromatic N) is 1. The maximum Gasteiger partial charge on any atom is 0.179 e. The Kier molecular flexibility index (Phi) is 5.84. The molecule has 2 N–H and O–H groups in total. The number of benzene rings is 1. The van der Waals surface area contributed by atoms with E-state index in [1.165, 1.54) is 0 Å². The Hall–Kier alpha value is -1.78. The molecule has 0 saturated heterocycles. The Morgan fingerprint density at radius 2 is 2.10 bits per heavy atom. The number of halogens is 1. The molecule has 0 aliphatic carbocycles. The fraction of sp³-hybridized carbons (Fsp3) is 0.312. The first kappa shape index (κ1) is 15.6. The summed E-state index contributed by atoms with van der Waals surface area (Å²) in [6.07, 6.45) is 1.81. The van der Waals surface area contributed by atoms with Crippen molar-refractivity contribution < 1.29 is 14.8 Å². The topological polar surface area (TPSA) is 48.0 Å². The lowest BCUT2D eigenvalue weighted by Gasteiger charge is -2.12. The lowest BCUT2D eigenvalue weighted by Crippen LogP contribution is -2.80. The fourth-order valence-electron chi connectivity index (χ4n) is 2.11. The number of hydrogen-bond acceptors (Lipinski definition) is 3. The average molecular weight is 308 g/mol. The summed E-state index contributed by atoms with van der Waals surface area (Å²) in [6.45, 7) is 4.15.